The van der Waals surface area contributed by atoms with Crippen LogP contribution in [0.25, 0.3) is 11.3 Å². The zero-order valence-corrected chi connectivity index (χ0v) is 11.6. The van der Waals surface area contributed by atoms with Gasteiger partial charge in [-0.1, -0.05) is 12.1 Å². The summed E-state index contributed by atoms with van der Waals surface area (Å²) in [7, 11) is 0. The molecule has 0 fully saturated rings. The van der Waals surface area contributed by atoms with Crippen LogP contribution in [0.2, 0.25) is 0 Å². The molecule has 1 heterocycles. The molecule has 100 valence electrons. The Kier molecular flexibility index (Phi) is 3.81. The van der Waals surface area contributed by atoms with Crippen LogP contribution in [-0.4, -0.2) is 9.78 Å². The van der Waals surface area contributed by atoms with Gasteiger partial charge in [-0.15, -0.1) is 0 Å². The Hall–Kier alpha value is -1.94. The van der Waals surface area contributed by atoms with Crippen molar-refractivity contribution in [2.24, 2.45) is 5.73 Å². The molecule has 0 saturated carbocycles. The van der Waals surface area contributed by atoms with Crippen molar-refractivity contribution >= 4 is 0 Å². The van der Waals surface area contributed by atoms with Gasteiger partial charge in [-0.05, 0) is 44.0 Å². The second-order valence-corrected chi connectivity index (χ2v) is 4.68. The van der Waals surface area contributed by atoms with Crippen LogP contribution >= 0.6 is 0 Å². The Labute approximate surface area is 112 Å². The summed E-state index contributed by atoms with van der Waals surface area (Å²) in [5.41, 5.74) is 10.4. The predicted octanol–water partition coefficient (Wildman–Crippen LogP) is 2.01. The van der Waals surface area contributed by atoms with Crippen LogP contribution in [0.5, 0.6) is 0 Å². The highest BCUT2D eigenvalue weighted by Crippen LogP contribution is 2.20. The van der Waals surface area contributed by atoms with Gasteiger partial charge in [-0.3, -0.25) is 4.79 Å². The van der Waals surface area contributed by atoms with Crippen LogP contribution in [0.3, 0.4) is 0 Å². The molecule has 0 spiro atoms. The summed E-state index contributed by atoms with van der Waals surface area (Å²) >= 11 is 0. The summed E-state index contributed by atoms with van der Waals surface area (Å²) in [5, 5.41) is 4.39. The van der Waals surface area contributed by atoms with E-state index in [1.807, 2.05) is 13.0 Å². The highest BCUT2D eigenvalue weighted by atomic mass is 16.1. The molecule has 0 radical (unpaired) electrons. The standard InChI is InChI=1S/C15H19N3O/c1-4-18-15(19)13(9-16)8-14(17-18)12-6-5-10(2)11(3)7-12/h5-8H,4,9,16H2,1-3H3. The molecule has 4 heteroatoms. The van der Waals surface area contributed by atoms with Crippen molar-refractivity contribution in [2.45, 2.75) is 33.9 Å². The van der Waals surface area contributed by atoms with Gasteiger partial charge in [0, 0.05) is 24.2 Å². The van der Waals surface area contributed by atoms with Crippen molar-refractivity contribution in [3.05, 3.63) is 51.3 Å². The molecule has 0 amide bonds. The molecule has 1 aromatic carbocycles. The lowest BCUT2D eigenvalue weighted by Gasteiger charge is -2.09. The fourth-order valence-electron chi connectivity index (χ4n) is 2.00. The Morgan fingerprint density at radius 3 is 2.53 bits per heavy atom. The van der Waals surface area contributed by atoms with Crippen molar-refractivity contribution in [3.63, 3.8) is 0 Å². The van der Waals surface area contributed by atoms with Crippen molar-refractivity contribution in [1.82, 2.24) is 9.78 Å². The monoisotopic (exact) mass is 257 g/mol. The summed E-state index contributed by atoms with van der Waals surface area (Å²) in [4.78, 5) is 12.0. The first kappa shape index (κ1) is 13.5. The SMILES string of the molecule is CCn1nc(-c2ccc(C)c(C)c2)cc(CN)c1=O. The van der Waals surface area contributed by atoms with Crippen molar-refractivity contribution in [2.75, 3.05) is 0 Å². The largest absolute Gasteiger partial charge is 0.326 e. The van der Waals surface area contributed by atoms with Crippen LogP contribution in [0.15, 0.2) is 29.1 Å². The van der Waals surface area contributed by atoms with Gasteiger partial charge >= 0.3 is 0 Å². The predicted molar refractivity (Wildman–Crippen MR) is 77.0 cm³/mol. The number of nitrogens with zero attached hydrogens (tertiary/aromatic N) is 2. The number of aromatic nitrogens is 2. The van der Waals surface area contributed by atoms with E-state index in [1.165, 1.54) is 15.8 Å². The summed E-state index contributed by atoms with van der Waals surface area (Å²) in [6, 6.07) is 7.96. The zero-order valence-electron chi connectivity index (χ0n) is 11.6. The molecule has 19 heavy (non-hydrogen) atoms. The van der Waals surface area contributed by atoms with E-state index >= 15 is 0 Å². The van der Waals surface area contributed by atoms with E-state index < -0.39 is 0 Å². The van der Waals surface area contributed by atoms with Crippen molar-refractivity contribution in [3.8, 4) is 11.3 Å². The maximum Gasteiger partial charge on any atom is 0.271 e. The van der Waals surface area contributed by atoms with Gasteiger partial charge in [0.25, 0.3) is 5.56 Å². The fourth-order valence-corrected chi connectivity index (χ4v) is 2.00. The second-order valence-electron chi connectivity index (χ2n) is 4.68. The molecule has 2 N–H and O–H groups in total. The molecule has 1 aromatic heterocycles. The van der Waals surface area contributed by atoms with Crippen LogP contribution in [0.1, 0.15) is 23.6 Å². The summed E-state index contributed by atoms with van der Waals surface area (Å²) in [6.45, 7) is 6.83. The van der Waals surface area contributed by atoms with Gasteiger partial charge in [-0.2, -0.15) is 5.10 Å². The normalized spacial score (nSPS) is 10.7. The average molecular weight is 257 g/mol. The van der Waals surface area contributed by atoms with Gasteiger partial charge < -0.3 is 5.73 Å². The lowest BCUT2D eigenvalue weighted by molar-refractivity contribution is 0.610. The molecule has 2 rings (SSSR count). The van der Waals surface area contributed by atoms with Gasteiger partial charge in [0.2, 0.25) is 0 Å². The van der Waals surface area contributed by atoms with Gasteiger partial charge in [0.05, 0.1) is 5.69 Å². The molecule has 0 aliphatic heterocycles. The molecule has 4 nitrogen and oxygen atoms in total. The number of hydrogen-bond donors (Lipinski definition) is 1. The van der Waals surface area contributed by atoms with Gasteiger partial charge in [-0.25, -0.2) is 4.68 Å². The summed E-state index contributed by atoms with van der Waals surface area (Å²) < 4.78 is 1.46. The third-order valence-corrected chi connectivity index (χ3v) is 3.37. The number of benzene rings is 1. The van der Waals surface area contributed by atoms with Gasteiger partial charge in [0.1, 0.15) is 0 Å². The van der Waals surface area contributed by atoms with Crippen molar-refractivity contribution < 1.29 is 0 Å². The third kappa shape index (κ3) is 2.58. The summed E-state index contributed by atoms with van der Waals surface area (Å²) in [5.74, 6) is 0. The quantitative estimate of drug-likeness (QED) is 0.915. The number of nitrogens with two attached hydrogens (primary N) is 1. The van der Waals surface area contributed by atoms with Crippen LogP contribution in [-0.2, 0) is 13.1 Å². The molecule has 0 unspecified atom stereocenters. The van der Waals surface area contributed by atoms with Gasteiger partial charge in [0.15, 0.2) is 0 Å². The van der Waals surface area contributed by atoms with E-state index in [2.05, 4.69) is 31.1 Å². The highest BCUT2D eigenvalue weighted by Gasteiger charge is 2.08. The lowest BCUT2D eigenvalue weighted by Crippen LogP contribution is -2.27. The molecule has 2 aromatic rings. The topological polar surface area (TPSA) is 60.9 Å². The summed E-state index contributed by atoms with van der Waals surface area (Å²) in [6.07, 6.45) is 0. The highest BCUT2D eigenvalue weighted by molar-refractivity contribution is 5.61. The molecule has 0 atom stereocenters. The smallest absolute Gasteiger partial charge is 0.271 e. The first-order chi connectivity index (χ1) is 9.06. The Balaban J connectivity index is 2.61. The second kappa shape index (κ2) is 5.36. The Bertz CT molecular complexity index is 631. The van der Waals surface area contributed by atoms with E-state index in [0.717, 1.165) is 11.3 Å². The molecule has 0 aliphatic rings. The number of rotatable bonds is 3. The first-order valence-corrected chi connectivity index (χ1v) is 6.45. The number of hydrogen-bond acceptors (Lipinski definition) is 3. The average Bonchev–Trinajstić information content (AvgIpc) is 2.42. The van der Waals surface area contributed by atoms with E-state index in [9.17, 15) is 4.79 Å². The molecule has 0 aliphatic carbocycles. The van der Waals surface area contributed by atoms with E-state index in [-0.39, 0.29) is 12.1 Å². The minimum absolute atomic E-state index is 0.0995. The number of aryl methyl sites for hydroxylation is 3. The van der Waals surface area contributed by atoms with Crippen LogP contribution < -0.4 is 11.3 Å². The van der Waals surface area contributed by atoms with Crippen LogP contribution in [0.4, 0.5) is 0 Å². The fraction of sp³-hybridized carbons (Fsp3) is 0.333. The molecular weight excluding hydrogens is 238 g/mol. The molecular formula is C15H19N3O. The minimum Gasteiger partial charge on any atom is -0.326 e. The first-order valence-electron chi connectivity index (χ1n) is 6.45. The maximum atomic E-state index is 12.0. The van der Waals surface area contributed by atoms with Crippen LogP contribution in [0, 0.1) is 13.8 Å². The van der Waals surface area contributed by atoms with Crippen molar-refractivity contribution in [1.29, 1.82) is 0 Å². The molecule has 0 saturated heterocycles. The third-order valence-electron chi connectivity index (χ3n) is 3.37. The maximum absolute atomic E-state index is 12.0. The Morgan fingerprint density at radius 1 is 1.21 bits per heavy atom. The van der Waals surface area contributed by atoms with E-state index in [0.29, 0.717) is 12.1 Å². The minimum atomic E-state index is -0.0995. The Morgan fingerprint density at radius 2 is 1.95 bits per heavy atom. The zero-order chi connectivity index (χ0) is 14.0. The lowest BCUT2D eigenvalue weighted by atomic mass is 10.0. The molecule has 0 bridgehead atoms. The van der Waals surface area contributed by atoms with E-state index in [1.54, 1.807) is 6.07 Å². The van der Waals surface area contributed by atoms with E-state index in [4.69, 9.17) is 5.73 Å².